The zero-order valence-corrected chi connectivity index (χ0v) is 12.4. The Morgan fingerprint density at radius 2 is 1.95 bits per heavy atom. The zero-order chi connectivity index (χ0) is 13.8. The first-order valence-corrected chi connectivity index (χ1v) is 7.20. The van der Waals surface area contributed by atoms with Crippen LogP contribution in [0.3, 0.4) is 0 Å². The van der Waals surface area contributed by atoms with Crippen molar-refractivity contribution in [2.24, 2.45) is 17.6 Å². The smallest absolute Gasteiger partial charge is 0.123 e. The predicted octanol–water partition coefficient (Wildman–Crippen LogP) is 2.63. The SMILES string of the molecule is COc1ccc(CN2CC(C)CC(C)C2)cc1CN. The molecule has 0 radical (unpaired) electrons. The van der Waals surface area contributed by atoms with Gasteiger partial charge in [0.25, 0.3) is 0 Å². The average molecular weight is 262 g/mol. The van der Waals surface area contributed by atoms with Gasteiger partial charge in [-0.1, -0.05) is 19.9 Å². The van der Waals surface area contributed by atoms with Gasteiger partial charge < -0.3 is 10.5 Å². The van der Waals surface area contributed by atoms with E-state index in [1.54, 1.807) is 7.11 Å². The first-order chi connectivity index (χ1) is 9.12. The maximum atomic E-state index is 5.78. The number of rotatable bonds is 4. The third-order valence-electron chi connectivity index (χ3n) is 3.92. The van der Waals surface area contributed by atoms with E-state index in [1.807, 2.05) is 6.07 Å². The third kappa shape index (κ3) is 3.71. The first-order valence-electron chi connectivity index (χ1n) is 7.20. The molecule has 0 bridgehead atoms. The molecule has 2 unspecified atom stereocenters. The Morgan fingerprint density at radius 1 is 1.26 bits per heavy atom. The van der Waals surface area contributed by atoms with Crippen LogP contribution in [0.25, 0.3) is 0 Å². The zero-order valence-electron chi connectivity index (χ0n) is 12.4. The molecule has 1 heterocycles. The van der Waals surface area contributed by atoms with Crippen molar-refractivity contribution in [1.82, 2.24) is 4.90 Å². The van der Waals surface area contributed by atoms with Crippen LogP contribution in [-0.2, 0) is 13.1 Å². The van der Waals surface area contributed by atoms with Crippen molar-refractivity contribution < 1.29 is 4.74 Å². The highest BCUT2D eigenvalue weighted by atomic mass is 16.5. The molecule has 3 nitrogen and oxygen atoms in total. The van der Waals surface area contributed by atoms with Crippen LogP contribution in [0.2, 0.25) is 0 Å². The molecule has 106 valence electrons. The molecule has 1 aromatic rings. The van der Waals surface area contributed by atoms with Gasteiger partial charge in [-0.05, 0) is 36.0 Å². The molecule has 0 amide bonds. The highest BCUT2D eigenvalue weighted by Gasteiger charge is 2.21. The van der Waals surface area contributed by atoms with Crippen molar-refractivity contribution in [3.63, 3.8) is 0 Å². The van der Waals surface area contributed by atoms with Crippen molar-refractivity contribution in [1.29, 1.82) is 0 Å². The Hall–Kier alpha value is -1.06. The van der Waals surface area contributed by atoms with E-state index in [9.17, 15) is 0 Å². The van der Waals surface area contributed by atoms with Crippen LogP contribution in [0.1, 0.15) is 31.4 Å². The lowest BCUT2D eigenvalue weighted by molar-refractivity contribution is 0.134. The molecule has 1 aromatic carbocycles. The molecule has 0 aliphatic carbocycles. The number of hydrogen-bond acceptors (Lipinski definition) is 3. The Labute approximate surface area is 116 Å². The van der Waals surface area contributed by atoms with Crippen LogP contribution in [0, 0.1) is 11.8 Å². The van der Waals surface area contributed by atoms with E-state index in [0.717, 1.165) is 29.7 Å². The van der Waals surface area contributed by atoms with Crippen LogP contribution in [0.15, 0.2) is 18.2 Å². The van der Waals surface area contributed by atoms with E-state index in [-0.39, 0.29) is 0 Å². The minimum Gasteiger partial charge on any atom is -0.496 e. The molecule has 19 heavy (non-hydrogen) atoms. The molecule has 2 rings (SSSR count). The number of hydrogen-bond donors (Lipinski definition) is 1. The summed E-state index contributed by atoms with van der Waals surface area (Å²) in [4.78, 5) is 2.56. The van der Waals surface area contributed by atoms with Gasteiger partial charge in [0.05, 0.1) is 7.11 Å². The van der Waals surface area contributed by atoms with Crippen LogP contribution in [0.5, 0.6) is 5.75 Å². The lowest BCUT2D eigenvalue weighted by Gasteiger charge is -2.35. The number of piperidine rings is 1. The predicted molar refractivity (Wildman–Crippen MR) is 79.1 cm³/mol. The van der Waals surface area contributed by atoms with E-state index in [2.05, 4.69) is 30.9 Å². The summed E-state index contributed by atoms with van der Waals surface area (Å²) in [5.41, 5.74) is 8.21. The summed E-state index contributed by atoms with van der Waals surface area (Å²) < 4.78 is 5.32. The van der Waals surface area contributed by atoms with Crippen molar-refractivity contribution in [3.05, 3.63) is 29.3 Å². The van der Waals surface area contributed by atoms with Gasteiger partial charge in [0.15, 0.2) is 0 Å². The molecular formula is C16H26N2O. The van der Waals surface area contributed by atoms with Gasteiger partial charge >= 0.3 is 0 Å². The molecular weight excluding hydrogens is 236 g/mol. The normalized spacial score (nSPS) is 24.4. The minimum atomic E-state index is 0.532. The monoisotopic (exact) mass is 262 g/mol. The second-order valence-corrected chi connectivity index (χ2v) is 5.99. The van der Waals surface area contributed by atoms with E-state index in [1.165, 1.54) is 25.1 Å². The summed E-state index contributed by atoms with van der Waals surface area (Å²) in [5, 5.41) is 0. The highest BCUT2D eigenvalue weighted by Crippen LogP contribution is 2.24. The Morgan fingerprint density at radius 3 is 2.53 bits per heavy atom. The largest absolute Gasteiger partial charge is 0.496 e. The van der Waals surface area contributed by atoms with Crippen molar-refractivity contribution in [2.75, 3.05) is 20.2 Å². The van der Waals surface area contributed by atoms with E-state index < -0.39 is 0 Å². The summed E-state index contributed by atoms with van der Waals surface area (Å²) in [6, 6.07) is 6.37. The molecule has 2 N–H and O–H groups in total. The van der Waals surface area contributed by atoms with E-state index >= 15 is 0 Å². The fourth-order valence-electron chi connectivity index (χ4n) is 3.27. The quantitative estimate of drug-likeness (QED) is 0.906. The summed E-state index contributed by atoms with van der Waals surface area (Å²) in [6.45, 7) is 8.65. The molecule has 1 aliphatic rings. The molecule has 1 fully saturated rings. The molecule has 3 heteroatoms. The average Bonchev–Trinajstić information content (AvgIpc) is 2.37. The Bertz CT molecular complexity index is 409. The van der Waals surface area contributed by atoms with Gasteiger partial charge in [0, 0.05) is 31.7 Å². The van der Waals surface area contributed by atoms with Crippen LogP contribution in [0.4, 0.5) is 0 Å². The standard InChI is InChI=1S/C16H26N2O/c1-12-6-13(2)10-18(9-12)11-14-4-5-16(19-3)15(7-14)8-17/h4-5,7,12-13H,6,8-11,17H2,1-3H3. The van der Waals surface area contributed by atoms with Gasteiger partial charge in [0.1, 0.15) is 5.75 Å². The second-order valence-electron chi connectivity index (χ2n) is 5.99. The molecule has 0 saturated carbocycles. The van der Waals surface area contributed by atoms with Crippen molar-refractivity contribution in [2.45, 2.75) is 33.4 Å². The van der Waals surface area contributed by atoms with Crippen LogP contribution >= 0.6 is 0 Å². The van der Waals surface area contributed by atoms with Crippen LogP contribution in [-0.4, -0.2) is 25.1 Å². The third-order valence-corrected chi connectivity index (χ3v) is 3.92. The summed E-state index contributed by atoms with van der Waals surface area (Å²) >= 11 is 0. The Kier molecular flexibility index (Phi) is 4.83. The molecule has 1 saturated heterocycles. The van der Waals surface area contributed by atoms with Gasteiger partial charge in [-0.2, -0.15) is 0 Å². The topological polar surface area (TPSA) is 38.5 Å². The fraction of sp³-hybridized carbons (Fsp3) is 0.625. The lowest BCUT2D eigenvalue weighted by Crippen LogP contribution is -2.38. The molecule has 0 spiro atoms. The molecule has 0 aromatic heterocycles. The van der Waals surface area contributed by atoms with Crippen molar-refractivity contribution >= 4 is 0 Å². The van der Waals surface area contributed by atoms with Gasteiger partial charge in [0.2, 0.25) is 0 Å². The highest BCUT2D eigenvalue weighted by molar-refractivity contribution is 5.37. The number of nitrogens with zero attached hydrogens (tertiary/aromatic N) is 1. The number of methoxy groups -OCH3 is 1. The minimum absolute atomic E-state index is 0.532. The van der Waals surface area contributed by atoms with Gasteiger partial charge in [-0.25, -0.2) is 0 Å². The summed E-state index contributed by atoms with van der Waals surface area (Å²) in [6.07, 6.45) is 1.35. The maximum absolute atomic E-state index is 5.78. The van der Waals surface area contributed by atoms with Crippen LogP contribution < -0.4 is 10.5 Å². The fourth-order valence-corrected chi connectivity index (χ4v) is 3.27. The maximum Gasteiger partial charge on any atom is 0.123 e. The first kappa shape index (κ1) is 14.4. The second kappa shape index (κ2) is 6.40. The molecule has 1 aliphatic heterocycles. The van der Waals surface area contributed by atoms with E-state index in [4.69, 9.17) is 10.5 Å². The number of nitrogens with two attached hydrogens (primary N) is 1. The molecule has 2 atom stereocenters. The van der Waals surface area contributed by atoms with E-state index in [0.29, 0.717) is 6.54 Å². The Balaban J connectivity index is 2.06. The summed E-state index contributed by atoms with van der Waals surface area (Å²) in [5.74, 6) is 2.50. The van der Waals surface area contributed by atoms with Gasteiger partial charge in [-0.3, -0.25) is 4.90 Å². The summed E-state index contributed by atoms with van der Waals surface area (Å²) in [7, 11) is 1.70. The number of benzene rings is 1. The number of ether oxygens (including phenoxy) is 1. The van der Waals surface area contributed by atoms with Crippen molar-refractivity contribution in [3.8, 4) is 5.75 Å². The number of likely N-dealkylation sites (tertiary alicyclic amines) is 1. The van der Waals surface area contributed by atoms with Gasteiger partial charge in [-0.15, -0.1) is 0 Å². The lowest BCUT2D eigenvalue weighted by atomic mass is 9.91.